The van der Waals surface area contributed by atoms with Gasteiger partial charge < -0.3 is 15.2 Å². The maximum atomic E-state index is 5.53. The summed E-state index contributed by atoms with van der Waals surface area (Å²) in [6.07, 6.45) is 3.94. The topological polar surface area (TPSA) is 58.5 Å². The maximum Gasteiger partial charge on any atom is 0.167 e. The van der Waals surface area contributed by atoms with Crippen LogP contribution in [0.5, 0.6) is 0 Å². The largest absolute Gasteiger partial charge is 0.381 e. The molecule has 0 bridgehead atoms. The monoisotopic (exact) mass is 252 g/mol. The van der Waals surface area contributed by atoms with Gasteiger partial charge in [0.2, 0.25) is 0 Å². The van der Waals surface area contributed by atoms with Crippen LogP contribution in [-0.2, 0) is 6.54 Å². The van der Waals surface area contributed by atoms with E-state index in [2.05, 4.69) is 29.1 Å². The van der Waals surface area contributed by atoms with Crippen molar-refractivity contribution in [2.45, 2.75) is 25.8 Å². The van der Waals surface area contributed by atoms with Crippen LogP contribution in [0.2, 0.25) is 0 Å². The van der Waals surface area contributed by atoms with E-state index in [4.69, 9.17) is 10.3 Å². The molecule has 0 radical (unpaired) electrons. The van der Waals surface area contributed by atoms with Gasteiger partial charge in [-0.05, 0) is 58.9 Å². The van der Waals surface area contributed by atoms with Crippen molar-refractivity contribution in [1.29, 1.82) is 0 Å². The fourth-order valence-electron chi connectivity index (χ4n) is 2.50. The first-order valence-electron chi connectivity index (χ1n) is 6.71. The number of nitrogens with two attached hydrogens (primary N) is 1. The summed E-state index contributed by atoms with van der Waals surface area (Å²) >= 11 is 0. The van der Waals surface area contributed by atoms with Gasteiger partial charge in [0, 0.05) is 6.07 Å². The van der Waals surface area contributed by atoms with Gasteiger partial charge in [0.1, 0.15) is 0 Å². The summed E-state index contributed by atoms with van der Waals surface area (Å²) < 4.78 is 5.12. The Morgan fingerprint density at radius 3 is 2.83 bits per heavy atom. The van der Waals surface area contributed by atoms with Crippen LogP contribution in [0.1, 0.15) is 25.0 Å². The van der Waals surface area contributed by atoms with Crippen LogP contribution in [0.15, 0.2) is 10.6 Å². The molecule has 0 atom stereocenters. The molecule has 1 aliphatic rings. The zero-order valence-electron chi connectivity index (χ0n) is 11.4. The van der Waals surface area contributed by atoms with Gasteiger partial charge in [-0.1, -0.05) is 5.16 Å². The predicted octanol–water partition coefficient (Wildman–Crippen LogP) is 1.42. The van der Waals surface area contributed by atoms with Crippen LogP contribution < -0.4 is 5.73 Å². The Labute approximate surface area is 109 Å². The highest BCUT2D eigenvalue weighted by Crippen LogP contribution is 2.20. The van der Waals surface area contributed by atoms with Crippen molar-refractivity contribution in [3.63, 3.8) is 0 Å². The van der Waals surface area contributed by atoms with Crippen LogP contribution in [0.25, 0.3) is 0 Å². The first-order valence-corrected chi connectivity index (χ1v) is 6.71. The third kappa shape index (κ3) is 3.99. The molecule has 5 heteroatoms. The molecule has 2 rings (SSSR count). The first-order chi connectivity index (χ1) is 8.63. The molecule has 1 fully saturated rings. The minimum Gasteiger partial charge on any atom is -0.381 e. The number of hydrogen-bond donors (Lipinski definition) is 1. The van der Waals surface area contributed by atoms with Crippen molar-refractivity contribution in [2.75, 3.05) is 39.5 Å². The van der Waals surface area contributed by atoms with Gasteiger partial charge in [0.25, 0.3) is 0 Å². The highest BCUT2D eigenvalue weighted by molar-refractivity contribution is 5.26. The highest BCUT2D eigenvalue weighted by Gasteiger charge is 2.17. The minimum absolute atomic E-state index is 0.466. The second-order valence-corrected chi connectivity index (χ2v) is 5.49. The van der Waals surface area contributed by atoms with Crippen molar-refractivity contribution in [3.8, 4) is 0 Å². The van der Waals surface area contributed by atoms with Crippen LogP contribution in [0.3, 0.4) is 0 Å². The smallest absolute Gasteiger partial charge is 0.167 e. The molecule has 1 aromatic rings. The summed E-state index contributed by atoms with van der Waals surface area (Å²) in [6, 6.07) is 1.80. The number of rotatable bonds is 5. The van der Waals surface area contributed by atoms with Crippen LogP contribution in [0, 0.1) is 5.92 Å². The van der Waals surface area contributed by atoms with Crippen molar-refractivity contribution in [3.05, 3.63) is 11.8 Å². The molecule has 2 heterocycles. The van der Waals surface area contributed by atoms with E-state index in [-0.39, 0.29) is 0 Å². The van der Waals surface area contributed by atoms with E-state index in [9.17, 15) is 0 Å². The van der Waals surface area contributed by atoms with Crippen molar-refractivity contribution in [2.24, 2.45) is 5.92 Å². The van der Waals surface area contributed by atoms with Crippen molar-refractivity contribution >= 4 is 5.82 Å². The number of anilines is 1. The number of nitrogen functional groups attached to an aromatic ring is 1. The maximum absolute atomic E-state index is 5.53. The molecule has 18 heavy (non-hydrogen) atoms. The number of nitrogens with zero attached hydrogens (tertiary/aromatic N) is 3. The summed E-state index contributed by atoms with van der Waals surface area (Å²) in [5, 5.41) is 3.70. The second-order valence-electron chi connectivity index (χ2n) is 5.49. The van der Waals surface area contributed by atoms with Crippen LogP contribution >= 0.6 is 0 Å². The number of hydrogen-bond acceptors (Lipinski definition) is 5. The van der Waals surface area contributed by atoms with Crippen LogP contribution in [0.4, 0.5) is 5.82 Å². The average Bonchev–Trinajstić information content (AvgIpc) is 2.74. The van der Waals surface area contributed by atoms with Gasteiger partial charge >= 0.3 is 0 Å². The molecule has 5 nitrogen and oxygen atoms in total. The lowest BCUT2D eigenvalue weighted by Gasteiger charge is -2.29. The SMILES string of the molecule is CN1CCC(CCN(C)Cc2cc(N)no2)CC1. The van der Waals surface area contributed by atoms with E-state index >= 15 is 0 Å². The van der Waals surface area contributed by atoms with Gasteiger partial charge in [-0.25, -0.2) is 0 Å². The van der Waals surface area contributed by atoms with E-state index in [1.165, 1.54) is 32.4 Å². The molecule has 1 saturated heterocycles. The van der Waals surface area contributed by atoms with Crippen molar-refractivity contribution < 1.29 is 4.52 Å². The number of likely N-dealkylation sites (tertiary alicyclic amines) is 1. The molecular formula is C13H24N4O. The Kier molecular flexibility index (Phi) is 4.60. The molecule has 0 spiro atoms. The average molecular weight is 252 g/mol. The Bertz CT molecular complexity index is 358. The lowest BCUT2D eigenvalue weighted by Crippen LogP contribution is -2.31. The molecule has 0 aromatic carbocycles. The first kappa shape index (κ1) is 13.4. The highest BCUT2D eigenvalue weighted by atomic mass is 16.5. The fraction of sp³-hybridized carbons (Fsp3) is 0.769. The fourth-order valence-corrected chi connectivity index (χ4v) is 2.50. The minimum atomic E-state index is 0.466. The lowest BCUT2D eigenvalue weighted by atomic mass is 9.94. The van der Waals surface area contributed by atoms with Gasteiger partial charge in [-0.3, -0.25) is 4.90 Å². The van der Waals surface area contributed by atoms with Gasteiger partial charge in [-0.2, -0.15) is 0 Å². The zero-order chi connectivity index (χ0) is 13.0. The molecule has 102 valence electrons. The van der Waals surface area contributed by atoms with Crippen molar-refractivity contribution in [1.82, 2.24) is 15.0 Å². The van der Waals surface area contributed by atoms with E-state index in [1.54, 1.807) is 6.07 Å². The van der Waals surface area contributed by atoms with E-state index in [1.807, 2.05) is 0 Å². The molecule has 1 aromatic heterocycles. The van der Waals surface area contributed by atoms with E-state index in [0.29, 0.717) is 5.82 Å². The molecule has 0 amide bonds. The van der Waals surface area contributed by atoms with Gasteiger partial charge in [-0.15, -0.1) is 0 Å². The quantitative estimate of drug-likeness (QED) is 0.859. The molecule has 0 aliphatic carbocycles. The molecule has 0 saturated carbocycles. The molecule has 2 N–H and O–H groups in total. The van der Waals surface area contributed by atoms with Gasteiger partial charge in [0.15, 0.2) is 11.6 Å². The normalized spacial score (nSPS) is 18.6. The zero-order valence-corrected chi connectivity index (χ0v) is 11.4. The molecular weight excluding hydrogens is 228 g/mol. The number of piperidine rings is 1. The predicted molar refractivity (Wildman–Crippen MR) is 72.1 cm³/mol. The third-order valence-electron chi connectivity index (χ3n) is 3.76. The van der Waals surface area contributed by atoms with E-state index < -0.39 is 0 Å². The van der Waals surface area contributed by atoms with Crippen LogP contribution in [-0.4, -0.2) is 48.7 Å². The standard InChI is InChI=1S/C13H24N4O/c1-16-6-3-11(4-7-16)5-8-17(2)10-12-9-13(14)15-18-12/h9,11H,3-8,10H2,1-2H3,(H2,14,15). The second kappa shape index (κ2) is 6.20. The Hall–Kier alpha value is -1.07. The molecule has 0 unspecified atom stereocenters. The Balaban J connectivity index is 1.67. The summed E-state index contributed by atoms with van der Waals surface area (Å²) in [5.41, 5.74) is 5.53. The lowest BCUT2D eigenvalue weighted by molar-refractivity contribution is 0.189. The van der Waals surface area contributed by atoms with Gasteiger partial charge in [0.05, 0.1) is 6.54 Å². The summed E-state index contributed by atoms with van der Waals surface area (Å²) in [4.78, 5) is 4.69. The summed E-state index contributed by atoms with van der Waals surface area (Å²) in [7, 11) is 4.32. The van der Waals surface area contributed by atoms with E-state index in [0.717, 1.165) is 24.8 Å². The summed E-state index contributed by atoms with van der Waals surface area (Å²) in [6.45, 7) is 4.38. The number of aromatic nitrogens is 1. The Morgan fingerprint density at radius 1 is 1.50 bits per heavy atom. The summed E-state index contributed by atoms with van der Waals surface area (Å²) in [5.74, 6) is 2.19. The molecule has 1 aliphatic heterocycles. The Morgan fingerprint density at radius 2 is 2.22 bits per heavy atom. The third-order valence-corrected chi connectivity index (χ3v) is 3.76.